The molecule has 0 radical (unpaired) electrons. The van der Waals surface area contributed by atoms with Crippen molar-refractivity contribution in [1.82, 2.24) is 15.3 Å². The first-order chi connectivity index (χ1) is 12.2. The van der Waals surface area contributed by atoms with Crippen molar-refractivity contribution in [2.24, 2.45) is 0 Å². The van der Waals surface area contributed by atoms with Crippen molar-refractivity contribution >= 4 is 5.91 Å². The molecule has 0 saturated carbocycles. The van der Waals surface area contributed by atoms with Crippen molar-refractivity contribution in [1.29, 1.82) is 0 Å². The number of carbonyl (C=O) groups excluding carboxylic acids is 1. The van der Waals surface area contributed by atoms with Crippen molar-refractivity contribution in [3.8, 4) is 11.3 Å². The molecule has 136 valence electrons. The Morgan fingerprint density at radius 3 is 2.68 bits per heavy atom. The minimum atomic E-state index is -0.530. The van der Waals surface area contributed by atoms with Gasteiger partial charge in [-0.25, -0.2) is 4.98 Å². The topological polar surface area (TPSA) is 76.2 Å². The van der Waals surface area contributed by atoms with Crippen LogP contribution in [0.5, 0.6) is 0 Å². The number of nitrogens with one attached hydrogen (secondary N) is 2. The van der Waals surface area contributed by atoms with Gasteiger partial charge in [0.25, 0.3) is 0 Å². The third-order valence-electron chi connectivity index (χ3n) is 3.90. The van der Waals surface area contributed by atoms with E-state index in [9.17, 15) is 4.79 Å². The number of nitrogens with zero attached hydrogens (tertiary/aromatic N) is 1. The van der Waals surface area contributed by atoms with E-state index in [0.29, 0.717) is 19.8 Å². The van der Waals surface area contributed by atoms with Crippen molar-refractivity contribution in [3.05, 3.63) is 42.4 Å². The smallest absolute Gasteiger partial charge is 0.249 e. The molecule has 0 bridgehead atoms. The second-order valence-corrected chi connectivity index (χ2v) is 5.73. The number of hydrogen-bond donors (Lipinski definition) is 2. The normalized spacial score (nSPS) is 13.4. The van der Waals surface area contributed by atoms with E-state index in [1.165, 1.54) is 0 Å². The summed E-state index contributed by atoms with van der Waals surface area (Å²) in [5.74, 6) is 0.595. The maximum Gasteiger partial charge on any atom is 0.249 e. The van der Waals surface area contributed by atoms with E-state index in [1.807, 2.05) is 44.2 Å². The molecule has 0 fully saturated rings. The maximum atomic E-state index is 12.3. The molecule has 1 heterocycles. The molecule has 0 saturated heterocycles. The average molecular weight is 345 g/mol. The van der Waals surface area contributed by atoms with E-state index < -0.39 is 6.10 Å². The summed E-state index contributed by atoms with van der Waals surface area (Å²) in [7, 11) is 0. The van der Waals surface area contributed by atoms with Crippen LogP contribution in [0.15, 0.2) is 36.5 Å². The first kappa shape index (κ1) is 19.1. The number of H-pyrrole nitrogens is 1. The molecule has 0 aliphatic heterocycles. The van der Waals surface area contributed by atoms with Gasteiger partial charge in [0.2, 0.25) is 5.91 Å². The zero-order chi connectivity index (χ0) is 18.1. The van der Waals surface area contributed by atoms with E-state index in [-0.39, 0.29) is 11.9 Å². The number of rotatable bonds is 10. The van der Waals surface area contributed by atoms with Gasteiger partial charge in [0.1, 0.15) is 11.9 Å². The number of ether oxygens (including phenoxy) is 2. The van der Waals surface area contributed by atoms with Gasteiger partial charge in [0.05, 0.1) is 31.1 Å². The van der Waals surface area contributed by atoms with Gasteiger partial charge >= 0.3 is 0 Å². The van der Waals surface area contributed by atoms with Gasteiger partial charge in [-0.3, -0.25) is 4.79 Å². The monoisotopic (exact) mass is 345 g/mol. The van der Waals surface area contributed by atoms with Crippen molar-refractivity contribution in [2.45, 2.75) is 39.3 Å². The Morgan fingerprint density at radius 1 is 1.24 bits per heavy atom. The Bertz CT molecular complexity index is 642. The molecule has 6 heteroatoms. The molecule has 0 aliphatic rings. The molecule has 2 aromatic rings. The lowest BCUT2D eigenvalue weighted by Crippen LogP contribution is -2.37. The zero-order valence-corrected chi connectivity index (χ0v) is 15.1. The summed E-state index contributed by atoms with van der Waals surface area (Å²) in [6.45, 7) is 7.21. The van der Waals surface area contributed by atoms with Crippen LogP contribution in [0.3, 0.4) is 0 Å². The Morgan fingerprint density at radius 2 is 2.00 bits per heavy atom. The number of aromatic nitrogens is 2. The number of aromatic amines is 1. The molecule has 1 aromatic carbocycles. The number of benzene rings is 1. The fourth-order valence-corrected chi connectivity index (χ4v) is 2.43. The van der Waals surface area contributed by atoms with Crippen LogP contribution in [0, 0.1) is 0 Å². The summed E-state index contributed by atoms with van der Waals surface area (Å²) in [5, 5.41) is 2.99. The minimum absolute atomic E-state index is 0.152. The Hall–Kier alpha value is -2.18. The molecule has 25 heavy (non-hydrogen) atoms. The molecule has 1 amide bonds. The number of hydrogen-bond acceptors (Lipinski definition) is 4. The van der Waals surface area contributed by atoms with E-state index in [0.717, 1.165) is 23.5 Å². The predicted octanol–water partition coefficient (Wildman–Crippen LogP) is 3.09. The molecule has 0 unspecified atom stereocenters. The quantitative estimate of drug-likeness (QED) is 0.649. The van der Waals surface area contributed by atoms with Gasteiger partial charge in [-0.1, -0.05) is 37.3 Å². The van der Waals surface area contributed by atoms with E-state index >= 15 is 0 Å². The van der Waals surface area contributed by atoms with Gasteiger partial charge in [0.15, 0.2) is 0 Å². The van der Waals surface area contributed by atoms with Crippen LogP contribution >= 0.6 is 0 Å². The highest BCUT2D eigenvalue weighted by Gasteiger charge is 2.20. The molecule has 0 spiro atoms. The lowest BCUT2D eigenvalue weighted by molar-refractivity contribution is -0.133. The summed E-state index contributed by atoms with van der Waals surface area (Å²) >= 11 is 0. The fourth-order valence-electron chi connectivity index (χ4n) is 2.43. The first-order valence-corrected chi connectivity index (χ1v) is 8.75. The molecule has 1 aromatic heterocycles. The molecule has 2 rings (SSSR count). The van der Waals surface area contributed by atoms with Crippen LogP contribution in [0.25, 0.3) is 11.3 Å². The Balaban J connectivity index is 1.93. The summed E-state index contributed by atoms with van der Waals surface area (Å²) in [6, 6.07) is 9.80. The minimum Gasteiger partial charge on any atom is -0.379 e. The maximum absolute atomic E-state index is 12.3. The van der Waals surface area contributed by atoms with E-state index in [4.69, 9.17) is 9.47 Å². The van der Waals surface area contributed by atoms with Gasteiger partial charge in [0, 0.05) is 6.61 Å². The van der Waals surface area contributed by atoms with Gasteiger partial charge in [-0.2, -0.15) is 0 Å². The van der Waals surface area contributed by atoms with Crippen LogP contribution in [0.2, 0.25) is 0 Å². The van der Waals surface area contributed by atoms with Gasteiger partial charge < -0.3 is 19.8 Å². The van der Waals surface area contributed by atoms with Crippen LogP contribution in [0.4, 0.5) is 0 Å². The number of amides is 1. The van der Waals surface area contributed by atoms with Crippen LogP contribution in [-0.4, -0.2) is 41.8 Å². The second kappa shape index (κ2) is 9.96. The summed E-state index contributed by atoms with van der Waals surface area (Å²) in [4.78, 5) is 20.0. The highest BCUT2D eigenvalue weighted by atomic mass is 16.5. The van der Waals surface area contributed by atoms with Gasteiger partial charge in [-0.15, -0.1) is 0 Å². The Labute approximate surface area is 149 Å². The molecule has 2 N–H and O–H groups in total. The largest absolute Gasteiger partial charge is 0.379 e. The second-order valence-electron chi connectivity index (χ2n) is 5.73. The van der Waals surface area contributed by atoms with Crippen LogP contribution < -0.4 is 5.32 Å². The molecule has 2 atom stereocenters. The van der Waals surface area contributed by atoms with Crippen molar-refractivity contribution < 1.29 is 14.3 Å². The van der Waals surface area contributed by atoms with Crippen LogP contribution in [0.1, 0.15) is 39.1 Å². The molecule has 6 nitrogen and oxygen atoms in total. The average Bonchev–Trinajstić information content (AvgIpc) is 3.13. The van der Waals surface area contributed by atoms with Crippen LogP contribution in [-0.2, 0) is 14.3 Å². The number of imidazole rings is 1. The SMILES string of the molecule is CCOCCO[C@@H](C)C(=O)N[C@H](CC)c1ncc(-c2ccccc2)[nH]1. The van der Waals surface area contributed by atoms with Crippen molar-refractivity contribution in [3.63, 3.8) is 0 Å². The van der Waals surface area contributed by atoms with E-state index in [2.05, 4.69) is 15.3 Å². The standard InChI is InChI=1S/C19H27N3O3/c1-4-16(22-19(23)14(3)25-12-11-24-5-2)18-20-13-17(21-18)15-9-7-6-8-10-15/h6-10,13-14,16H,4-5,11-12H2,1-3H3,(H,20,21)(H,22,23)/t14-,16+/m0/s1. The molecular weight excluding hydrogens is 318 g/mol. The first-order valence-electron chi connectivity index (χ1n) is 8.75. The number of carbonyl (C=O) groups is 1. The van der Waals surface area contributed by atoms with Gasteiger partial charge in [-0.05, 0) is 25.8 Å². The highest BCUT2D eigenvalue weighted by molar-refractivity contribution is 5.80. The summed E-state index contributed by atoms with van der Waals surface area (Å²) in [5.41, 5.74) is 2.00. The third-order valence-corrected chi connectivity index (χ3v) is 3.90. The molecular formula is C19H27N3O3. The predicted molar refractivity (Wildman–Crippen MR) is 97.1 cm³/mol. The summed E-state index contributed by atoms with van der Waals surface area (Å²) < 4.78 is 10.7. The zero-order valence-electron chi connectivity index (χ0n) is 15.1. The van der Waals surface area contributed by atoms with Crippen molar-refractivity contribution in [2.75, 3.05) is 19.8 Å². The third kappa shape index (κ3) is 5.69. The molecule has 0 aliphatic carbocycles. The Kier molecular flexibility index (Phi) is 7.63. The lowest BCUT2D eigenvalue weighted by Gasteiger charge is -2.18. The highest BCUT2D eigenvalue weighted by Crippen LogP contribution is 2.20. The summed E-state index contributed by atoms with van der Waals surface area (Å²) in [6.07, 6.45) is 2.00. The lowest BCUT2D eigenvalue weighted by atomic mass is 10.2. The van der Waals surface area contributed by atoms with E-state index in [1.54, 1.807) is 13.1 Å². The fraction of sp³-hybridized carbons (Fsp3) is 0.474.